The molecular weight excluding hydrogens is 412 g/mol. The third-order valence-corrected chi connectivity index (χ3v) is 5.47. The number of amides is 2. The smallest absolute Gasteiger partial charge is 0.248 e. The van der Waals surface area contributed by atoms with Gasteiger partial charge in [0, 0.05) is 18.7 Å². The summed E-state index contributed by atoms with van der Waals surface area (Å²) in [5.74, 6) is -0.306. The molecule has 4 rings (SSSR count). The van der Waals surface area contributed by atoms with Crippen molar-refractivity contribution in [2.75, 3.05) is 11.1 Å². The first-order valence-corrected chi connectivity index (χ1v) is 11.1. The van der Waals surface area contributed by atoms with Crippen LogP contribution in [0.25, 0.3) is 6.08 Å². The van der Waals surface area contributed by atoms with Gasteiger partial charge in [0.05, 0.1) is 11.4 Å². The molecule has 6 heteroatoms. The van der Waals surface area contributed by atoms with E-state index in [1.807, 2.05) is 66.7 Å². The molecule has 3 aromatic carbocycles. The van der Waals surface area contributed by atoms with Gasteiger partial charge in [0.25, 0.3) is 0 Å². The maximum absolute atomic E-state index is 12.9. The number of rotatable bonds is 9. The maximum atomic E-state index is 12.9. The predicted octanol–water partition coefficient (Wildman–Crippen LogP) is 4.03. The van der Waals surface area contributed by atoms with Crippen LogP contribution in [-0.4, -0.2) is 17.9 Å². The standard InChI is InChI=1S/C27H28N4O2/c28-23-8-4-5-9-24(23)31-25(32)17-12-19-10-13-21(14-11-19)26(30-22-15-16-22)27(33)29-18-20-6-2-1-3-7-20/h1-14,17,22,26,30H,15-16,18,28H2,(H,29,33)(H,31,32)/b17-12+. The highest BCUT2D eigenvalue weighted by Gasteiger charge is 2.29. The Morgan fingerprint density at radius 1 is 0.939 bits per heavy atom. The van der Waals surface area contributed by atoms with Crippen molar-refractivity contribution in [1.82, 2.24) is 10.6 Å². The van der Waals surface area contributed by atoms with Gasteiger partial charge in [-0.25, -0.2) is 0 Å². The monoisotopic (exact) mass is 440 g/mol. The number of hydrogen-bond acceptors (Lipinski definition) is 4. The molecule has 0 saturated heterocycles. The minimum Gasteiger partial charge on any atom is -0.397 e. The molecule has 1 saturated carbocycles. The van der Waals surface area contributed by atoms with E-state index in [0.717, 1.165) is 29.5 Å². The predicted molar refractivity (Wildman–Crippen MR) is 132 cm³/mol. The van der Waals surface area contributed by atoms with Gasteiger partial charge in [0.15, 0.2) is 0 Å². The highest BCUT2D eigenvalue weighted by Crippen LogP contribution is 2.25. The van der Waals surface area contributed by atoms with Crippen molar-refractivity contribution >= 4 is 29.3 Å². The molecule has 3 aromatic rings. The van der Waals surface area contributed by atoms with E-state index < -0.39 is 6.04 Å². The molecule has 5 N–H and O–H groups in total. The van der Waals surface area contributed by atoms with Gasteiger partial charge in [0.2, 0.25) is 11.8 Å². The van der Waals surface area contributed by atoms with Crippen LogP contribution in [0.1, 0.15) is 35.6 Å². The van der Waals surface area contributed by atoms with E-state index in [-0.39, 0.29) is 11.8 Å². The van der Waals surface area contributed by atoms with Gasteiger partial charge in [-0.05, 0) is 47.7 Å². The van der Waals surface area contributed by atoms with Gasteiger partial charge in [-0.2, -0.15) is 0 Å². The molecule has 1 aliphatic rings. The molecule has 1 unspecified atom stereocenters. The lowest BCUT2D eigenvalue weighted by molar-refractivity contribution is -0.123. The molecule has 33 heavy (non-hydrogen) atoms. The average molecular weight is 441 g/mol. The van der Waals surface area contributed by atoms with Crippen molar-refractivity contribution in [3.8, 4) is 0 Å². The molecule has 0 bridgehead atoms. The van der Waals surface area contributed by atoms with Crippen LogP contribution in [0.5, 0.6) is 0 Å². The number of carbonyl (C=O) groups is 2. The topological polar surface area (TPSA) is 96.2 Å². The summed E-state index contributed by atoms with van der Waals surface area (Å²) in [6, 6.07) is 24.6. The Labute approximate surface area is 193 Å². The van der Waals surface area contributed by atoms with Gasteiger partial charge in [-0.15, -0.1) is 0 Å². The molecule has 0 spiro atoms. The minimum atomic E-state index is -0.413. The number of nitrogen functional groups attached to an aromatic ring is 1. The summed E-state index contributed by atoms with van der Waals surface area (Å²) in [5.41, 5.74) is 9.78. The molecule has 168 valence electrons. The fourth-order valence-electron chi connectivity index (χ4n) is 3.45. The number of hydrogen-bond donors (Lipinski definition) is 4. The quantitative estimate of drug-likeness (QED) is 0.298. The second-order valence-corrected chi connectivity index (χ2v) is 8.15. The number of nitrogens with one attached hydrogen (secondary N) is 3. The van der Waals surface area contributed by atoms with Crippen LogP contribution in [0, 0.1) is 0 Å². The van der Waals surface area contributed by atoms with E-state index in [1.165, 1.54) is 6.08 Å². The average Bonchev–Trinajstić information content (AvgIpc) is 3.67. The molecular formula is C27H28N4O2. The molecule has 1 atom stereocenters. The first-order chi connectivity index (χ1) is 16.1. The van der Waals surface area contributed by atoms with E-state index in [0.29, 0.717) is 24.0 Å². The number of para-hydroxylation sites is 2. The van der Waals surface area contributed by atoms with Crippen LogP contribution in [-0.2, 0) is 16.1 Å². The Kier molecular flexibility index (Phi) is 7.17. The number of benzene rings is 3. The molecule has 0 heterocycles. The summed E-state index contributed by atoms with van der Waals surface area (Å²) in [6.45, 7) is 0.490. The lowest BCUT2D eigenvalue weighted by Gasteiger charge is -2.19. The van der Waals surface area contributed by atoms with Crippen molar-refractivity contribution in [2.45, 2.75) is 31.5 Å². The van der Waals surface area contributed by atoms with Crippen molar-refractivity contribution in [3.63, 3.8) is 0 Å². The van der Waals surface area contributed by atoms with Gasteiger partial charge in [0.1, 0.15) is 6.04 Å². The van der Waals surface area contributed by atoms with Crippen molar-refractivity contribution in [3.05, 3.63) is 102 Å². The molecule has 6 nitrogen and oxygen atoms in total. The summed E-state index contributed by atoms with van der Waals surface area (Å²) in [6.07, 6.45) is 5.37. The minimum absolute atomic E-state index is 0.0473. The van der Waals surface area contributed by atoms with Gasteiger partial charge < -0.3 is 16.4 Å². The number of carbonyl (C=O) groups excluding carboxylic acids is 2. The zero-order chi connectivity index (χ0) is 23.0. The fraction of sp³-hybridized carbons (Fsp3) is 0.185. The first-order valence-electron chi connectivity index (χ1n) is 11.1. The summed E-state index contributed by atoms with van der Waals surface area (Å²) in [5, 5.41) is 9.24. The first kappa shape index (κ1) is 22.3. The van der Waals surface area contributed by atoms with Gasteiger partial charge in [-0.1, -0.05) is 66.7 Å². The van der Waals surface area contributed by atoms with Crippen LogP contribution >= 0.6 is 0 Å². The third kappa shape index (κ3) is 6.54. The Balaban J connectivity index is 1.38. The van der Waals surface area contributed by atoms with E-state index in [2.05, 4.69) is 16.0 Å². The number of nitrogens with two attached hydrogens (primary N) is 1. The normalized spacial score (nSPS) is 14.1. The largest absolute Gasteiger partial charge is 0.397 e. The van der Waals surface area contributed by atoms with Gasteiger partial charge >= 0.3 is 0 Å². The molecule has 0 aromatic heterocycles. The van der Waals surface area contributed by atoms with Crippen LogP contribution in [0.2, 0.25) is 0 Å². The van der Waals surface area contributed by atoms with Crippen molar-refractivity contribution < 1.29 is 9.59 Å². The molecule has 0 radical (unpaired) electrons. The van der Waals surface area contributed by atoms with E-state index >= 15 is 0 Å². The Morgan fingerprint density at radius 3 is 2.33 bits per heavy atom. The van der Waals surface area contributed by atoms with Crippen molar-refractivity contribution in [2.24, 2.45) is 0 Å². The van der Waals surface area contributed by atoms with E-state index in [1.54, 1.807) is 18.2 Å². The number of anilines is 2. The molecule has 2 amide bonds. The van der Waals surface area contributed by atoms with Crippen LogP contribution in [0.15, 0.2) is 84.9 Å². The summed E-state index contributed by atoms with van der Waals surface area (Å²) in [4.78, 5) is 25.1. The van der Waals surface area contributed by atoms with Gasteiger partial charge in [-0.3, -0.25) is 14.9 Å². The fourth-order valence-corrected chi connectivity index (χ4v) is 3.45. The second kappa shape index (κ2) is 10.6. The summed E-state index contributed by atoms with van der Waals surface area (Å²) >= 11 is 0. The Bertz CT molecular complexity index is 1120. The zero-order valence-electron chi connectivity index (χ0n) is 18.3. The highest BCUT2D eigenvalue weighted by molar-refractivity contribution is 6.03. The highest BCUT2D eigenvalue weighted by atomic mass is 16.2. The lowest BCUT2D eigenvalue weighted by atomic mass is 10.0. The Hall–Kier alpha value is -3.90. The van der Waals surface area contributed by atoms with Crippen LogP contribution in [0.4, 0.5) is 11.4 Å². The molecule has 0 aliphatic heterocycles. The summed E-state index contributed by atoms with van der Waals surface area (Å²) in [7, 11) is 0. The summed E-state index contributed by atoms with van der Waals surface area (Å²) < 4.78 is 0. The SMILES string of the molecule is Nc1ccccc1NC(=O)/C=C/c1ccc(C(NC2CC2)C(=O)NCc2ccccc2)cc1. The maximum Gasteiger partial charge on any atom is 0.248 e. The van der Waals surface area contributed by atoms with E-state index in [9.17, 15) is 9.59 Å². The molecule has 1 fully saturated rings. The second-order valence-electron chi connectivity index (χ2n) is 8.15. The molecule has 1 aliphatic carbocycles. The van der Waals surface area contributed by atoms with Crippen LogP contribution < -0.4 is 21.7 Å². The third-order valence-electron chi connectivity index (χ3n) is 5.47. The van der Waals surface area contributed by atoms with Crippen molar-refractivity contribution in [1.29, 1.82) is 0 Å². The lowest BCUT2D eigenvalue weighted by Crippen LogP contribution is -2.38. The van der Waals surface area contributed by atoms with E-state index in [4.69, 9.17) is 5.73 Å². The van der Waals surface area contributed by atoms with Crippen LogP contribution in [0.3, 0.4) is 0 Å². The Morgan fingerprint density at radius 2 is 1.64 bits per heavy atom. The zero-order valence-corrected chi connectivity index (χ0v) is 18.3.